The molecule has 1 heterocycles. The highest BCUT2D eigenvalue weighted by atomic mass is 32.2. The highest BCUT2D eigenvalue weighted by Gasteiger charge is 2.22. The van der Waals surface area contributed by atoms with E-state index in [4.69, 9.17) is 9.29 Å². The Bertz CT molecular complexity index is 886. The SMILES string of the molecule is Cc1csc([C@H](Cc2ccc(NS(=O)(=O)O)cc2)NC(=O)OC(C)(C)C)n1. The van der Waals surface area contributed by atoms with Crippen molar-refractivity contribution in [1.29, 1.82) is 0 Å². The van der Waals surface area contributed by atoms with Gasteiger partial charge in [-0.15, -0.1) is 11.3 Å². The van der Waals surface area contributed by atoms with E-state index in [1.165, 1.54) is 23.5 Å². The third-order valence-corrected chi connectivity index (χ3v) is 4.84. The molecule has 148 valence electrons. The summed E-state index contributed by atoms with van der Waals surface area (Å²) < 4.78 is 37.9. The second-order valence-corrected chi connectivity index (χ2v) is 9.05. The van der Waals surface area contributed by atoms with Crippen molar-refractivity contribution in [3.8, 4) is 0 Å². The van der Waals surface area contributed by atoms with E-state index in [1.54, 1.807) is 32.9 Å². The Morgan fingerprint density at radius 2 is 1.93 bits per heavy atom. The molecule has 0 radical (unpaired) electrons. The smallest absolute Gasteiger partial charge is 0.408 e. The van der Waals surface area contributed by atoms with Crippen molar-refractivity contribution in [1.82, 2.24) is 10.3 Å². The van der Waals surface area contributed by atoms with Gasteiger partial charge in [-0.2, -0.15) is 8.42 Å². The zero-order chi connectivity index (χ0) is 20.2. The van der Waals surface area contributed by atoms with Gasteiger partial charge in [-0.25, -0.2) is 9.78 Å². The molecule has 0 fully saturated rings. The van der Waals surface area contributed by atoms with Gasteiger partial charge in [-0.05, 0) is 51.8 Å². The molecule has 1 aromatic heterocycles. The predicted molar refractivity (Wildman–Crippen MR) is 104 cm³/mol. The van der Waals surface area contributed by atoms with Gasteiger partial charge in [0.25, 0.3) is 0 Å². The molecule has 2 aromatic rings. The molecule has 0 aliphatic carbocycles. The lowest BCUT2D eigenvalue weighted by molar-refractivity contribution is 0.0503. The van der Waals surface area contributed by atoms with Crippen LogP contribution in [0.4, 0.5) is 10.5 Å². The number of ether oxygens (including phenoxy) is 1. The van der Waals surface area contributed by atoms with Crippen LogP contribution in [0, 0.1) is 6.92 Å². The topological polar surface area (TPSA) is 118 Å². The van der Waals surface area contributed by atoms with E-state index in [9.17, 15) is 13.2 Å². The van der Waals surface area contributed by atoms with Crippen molar-refractivity contribution in [2.45, 2.75) is 45.8 Å². The van der Waals surface area contributed by atoms with Gasteiger partial charge in [-0.1, -0.05) is 12.1 Å². The zero-order valence-electron chi connectivity index (χ0n) is 15.5. The van der Waals surface area contributed by atoms with Crippen LogP contribution in [0.3, 0.4) is 0 Å². The first-order valence-corrected chi connectivity index (χ1v) is 10.5. The van der Waals surface area contributed by atoms with Gasteiger partial charge >= 0.3 is 16.4 Å². The van der Waals surface area contributed by atoms with Crippen molar-refractivity contribution in [2.24, 2.45) is 0 Å². The summed E-state index contributed by atoms with van der Waals surface area (Å²) in [6, 6.07) is 6.08. The summed E-state index contributed by atoms with van der Waals surface area (Å²) in [6.07, 6.45) is -0.0942. The third-order valence-electron chi connectivity index (χ3n) is 3.27. The van der Waals surface area contributed by atoms with Crippen LogP contribution in [0.5, 0.6) is 0 Å². The molecule has 0 spiro atoms. The Morgan fingerprint density at radius 3 is 2.41 bits per heavy atom. The summed E-state index contributed by atoms with van der Waals surface area (Å²) in [7, 11) is -4.32. The van der Waals surface area contributed by atoms with Gasteiger partial charge in [0, 0.05) is 11.1 Å². The fourth-order valence-electron chi connectivity index (χ4n) is 2.28. The fourth-order valence-corrected chi connectivity index (χ4v) is 3.56. The number of thiazole rings is 1. The Morgan fingerprint density at radius 1 is 1.30 bits per heavy atom. The minimum absolute atomic E-state index is 0.239. The number of aromatic nitrogens is 1. The number of nitrogens with one attached hydrogen (secondary N) is 2. The Labute approximate surface area is 162 Å². The molecule has 1 atom stereocenters. The average Bonchev–Trinajstić information content (AvgIpc) is 2.91. The molecule has 8 nitrogen and oxygen atoms in total. The molecule has 0 unspecified atom stereocenters. The van der Waals surface area contributed by atoms with Crippen molar-refractivity contribution in [2.75, 3.05) is 4.72 Å². The van der Waals surface area contributed by atoms with E-state index in [0.717, 1.165) is 16.3 Å². The highest BCUT2D eigenvalue weighted by molar-refractivity contribution is 7.87. The molecule has 0 aliphatic rings. The molecule has 10 heteroatoms. The predicted octanol–water partition coefficient (Wildman–Crippen LogP) is 3.47. The molecule has 0 saturated carbocycles. The summed E-state index contributed by atoms with van der Waals surface area (Å²) in [5, 5.41) is 5.49. The number of aryl methyl sites for hydroxylation is 1. The molecule has 1 aromatic carbocycles. The van der Waals surface area contributed by atoms with Crippen LogP contribution >= 0.6 is 11.3 Å². The number of carbonyl (C=O) groups excluding carboxylic acids is 1. The summed E-state index contributed by atoms with van der Waals surface area (Å²) in [5.74, 6) is 0. The summed E-state index contributed by atoms with van der Waals surface area (Å²) in [6.45, 7) is 7.24. The quantitative estimate of drug-likeness (QED) is 0.624. The molecular formula is C17H23N3O5S2. The minimum Gasteiger partial charge on any atom is -0.444 e. The van der Waals surface area contributed by atoms with Crippen LogP contribution in [0.25, 0.3) is 0 Å². The molecular weight excluding hydrogens is 390 g/mol. The van der Waals surface area contributed by atoms with E-state index in [1.807, 2.05) is 17.0 Å². The molecule has 3 N–H and O–H groups in total. The highest BCUT2D eigenvalue weighted by Crippen LogP contribution is 2.24. The summed E-state index contributed by atoms with van der Waals surface area (Å²) in [5.41, 5.74) is 1.34. The first kappa shape index (κ1) is 21.1. The number of rotatable bonds is 6. The van der Waals surface area contributed by atoms with Crippen LogP contribution < -0.4 is 10.0 Å². The van der Waals surface area contributed by atoms with Crippen molar-refractivity contribution in [3.05, 3.63) is 45.9 Å². The lowest BCUT2D eigenvalue weighted by atomic mass is 10.1. The van der Waals surface area contributed by atoms with Gasteiger partial charge in [-0.3, -0.25) is 9.27 Å². The Balaban J connectivity index is 2.15. The largest absolute Gasteiger partial charge is 0.444 e. The number of nitrogens with zero attached hydrogens (tertiary/aromatic N) is 1. The van der Waals surface area contributed by atoms with Crippen LogP contribution in [0.15, 0.2) is 29.6 Å². The van der Waals surface area contributed by atoms with Crippen LogP contribution in [0.2, 0.25) is 0 Å². The maximum atomic E-state index is 12.2. The number of hydrogen-bond acceptors (Lipinski definition) is 6. The Kier molecular flexibility index (Phi) is 6.45. The second-order valence-electron chi connectivity index (χ2n) is 7.00. The molecule has 27 heavy (non-hydrogen) atoms. The maximum absolute atomic E-state index is 12.2. The molecule has 2 rings (SSSR count). The zero-order valence-corrected chi connectivity index (χ0v) is 17.1. The van der Waals surface area contributed by atoms with Crippen molar-refractivity contribution < 1.29 is 22.5 Å². The molecule has 1 amide bonds. The number of carbonyl (C=O) groups is 1. The number of hydrogen-bond donors (Lipinski definition) is 3. The van der Waals surface area contributed by atoms with E-state index < -0.39 is 22.0 Å². The summed E-state index contributed by atoms with van der Waals surface area (Å²) >= 11 is 1.44. The second kappa shape index (κ2) is 8.24. The first-order chi connectivity index (χ1) is 12.4. The van der Waals surface area contributed by atoms with Gasteiger partial charge < -0.3 is 10.1 Å². The van der Waals surface area contributed by atoms with Gasteiger partial charge in [0.15, 0.2) is 0 Å². The lowest BCUT2D eigenvalue weighted by Crippen LogP contribution is -2.35. The number of alkyl carbamates (subject to hydrolysis) is 1. The number of anilines is 1. The van der Waals surface area contributed by atoms with E-state index >= 15 is 0 Å². The molecule has 0 bridgehead atoms. The Hall–Kier alpha value is -2.17. The van der Waals surface area contributed by atoms with Crippen LogP contribution in [0.1, 0.15) is 43.1 Å². The first-order valence-electron chi connectivity index (χ1n) is 8.17. The van der Waals surface area contributed by atoms with Crippen molar-refractivity contribution >= 4 is 33.4 Å². The fraction of sp³-hybridized carbons (Fsp3) is 0.412. The van der Waals surface area contributed by atoms with Gasteiger partial charge in [0.05, 0.1) is 11.7 Å². The van der Waals surface area contributed by atoms with Crippen molar-refractivity contribution in [3.63, 3.8) is 0 Å². The lowest BCUT2D eigenvalue weighted by Gasteiger charge is -2.23. The average molecular weight is 414 g/mol. The molecule has 0 aliphatic heterocycles. The molecule has 0 saturated heterocycles. The number of amides is 1. The normalized spacial score (nSPS) is 13.1. The van der Waals surface area contributed by atoms with Crippen LogP contribution in [-0.2, 0) is 21.5 Å². The van der Waals surface area contributed by atoms with E-state index in [-0.39, 0.29) is 11.7 Å². The van der Waals surface area contributed by atoms with E-state index in [0.29, 0.717) is 6.42 Å². The van der Waals surface area contributed by atoms with Gasteiger partial charge in [0.1, 0.15) is 10.6 Å². The standard InChI is InChI=1S/C17H23N3O5S2/c1-11-10-26-15(18-11)14(19-16(21)25-17(2,3)4)9-12-5-7-13(8-6-12)20-27(22,23)24/h5-8,10,14,20H,9H2,1-4H3,(H,19,21)(H,22,23,24)/t14-/m0/s1. The maximum Gasteiger partial charge on any atom is 0.408 e. The number of benzene rings is 1. The minimum atomic E-state index is -4.32. The van der Waals surface area contributed by atoms with Gasteiger partial charge in [0.2, 0.25) is 0 Å². The van der Waals surface area contributed by atoms with E-state index in [2.05, 4.69) is 10.3 Å². The monoisotopic (exact) mass is 413 g/mol. The summed E-state index contributed by atoms with van der Waals surface area (Å²) in [4.78, 5) is 16.6. The third kappa shape index (κ3) is 7.53. The van der Waals surface area contributed by atoms with Crippen LogP contribution in [-0.4, -0.2) is 29.6 Å².